The number of hydrogen-bond acceptors (Lipinski definition) is 4. The molecule has 2 heterocycles. The summed E-state index contributed by atoms with van der Waals surface area (Å²) in [4.78, 5) is 39.4. The molecule has 1 aliphatic heterocycles. The first-order valence-electron chi connectivity index (χ1n) is 8.49. The number of piperazine rings is 1. The molecule has 0 spiro atoms. The number of carboxylic acid groups (broad SMARTS) is 1. The number of carboxylic acids is 1. The maximum Gasteiger partial charge on any atom is 0.311 e. The van der Waals surface area contributed by atoms with E-state index in [1.165, 1.54) is 30.5 Å². The van der Waals surface area contributed by atoms with Crippen molar-refractivity contribution in [3.63, 3.8) is 0 Å². The van der Waals surface area contributed by atoms with E-state index in [0.29, 0.717) is 37.3 Å². The number of nitrogens with zero attached hydrogens (tertiary/aromatic N) is 2. The van der Waals surface area contributed by atoms with Crippen molar-refractivity contribution >= 4 is 17.8 Å². The zero-order valence-electron chi connectivity index (χ0n) is 14.8. The van der Waals surface area contributed by atoms with Crippen LogP contribution in [0, 0.1) is 12.7 Å². The van der Waals surface area contributed by atoms with E-state index in [4.69, 9.17) is 9.52 Å². The topological polar surface area (TPSA) is 91.1 Å². The van der Waals surface area contributed by atoms with Crippen LogP contribution in [0.25, 0.3) is 0 Å². The number of halogens is 1. The van der Waals surface area contributed by atoms with Crippen LogP contribution in [0.2, 0.25) is 0 Å². The summed E-state index contributed by atoms with van der Waals surface area (Å²) >= 11 is 0. The van der Waals surface area contributed by atoms with Crippen LogP contribution < -0.4 is 0 Å². The predicted octanol–water partition coefficient (Wildman–Crippen LogP) is 1.95. The number of rotatable bonds is 4. The lowest BCUT2D eigenvalue weighted by atomic mass is 10.1. The van der Waals surface area contributed by atoms with Gasteiger partial charge in [0.05, 0.1) is 11.8 Å². The molecule has 0 saturated carbocycles. The Bertz CT molecular complexity index is 867. The second-order valence-corrected chi connectivity index (χ2v) is 6.38. The third-order valence-electron chi connectivity index (χ3n) is 4.52. The molecule has 2 aromatic rings. The predicted molar refractivity (Wildman–Crippen MR) is 93.0 cm³/mol. The fourth-order valence-corrected chi connectivity index (χ4v) is 3.10. The number of hydrogen-bond donors (Lipinski definition) is 1. The molecule has 1 N–H and O–H groups in total. The molecule has 8 heteroatoms. The Morgan fingerprint density at radius 3 is 2.15 bits per heavy atom. The van der Waals surface area contributed by atoms with Gasteiger partial charge in [0.25, 0.3) is 11.8 Å². The van der Waals surface area contributed by atoms with Gasteiger partial charge in [0.2, 0.25) is 0 Å². The third-order valence-corrected chi connectivity index (χ3v) is 4.52. The number of aryl methyl sites for hydroxylation is 1. The minimum Gasteiger partial charge on any atom is -0.481 e. The highest BCUT2D eigenvalue weighted by molar-refractivity contribution is 5.98. The molecular weight excluding hydrogens is 355 g/mol. The van der Waals surface area contributed by atoms with Crippen LogP contribution in [0.4, 0.5) is 4.39 Å². The summed E-state index contributed by atoms with van der Waals surface area (Å²) in [5.41, 5.74) is 1.25. The van der Waals surface area contributed by atoms with Gasteiger partial charge in [0, 0.05) is 37.3 Å². The van der Waals surface area contributed by atoms with E-state index in [-0.39, 0.29) is 29.6 Å². The quantitative estimate of drug-likeness (QED) is 0.883. The summed E-state index contributed by atoms with van der Waals surface area (Å²) in [7, 11) is 0. The minimum atomic E-state index is -1.08. The van der Waals surface area contributed by atoms with Crippen LogP contribution >= 0.6 is 0 Å². The summed E-state index contributed by atoms with van der Waals surface area (Å²) < 4.78 is 18.2. The van der Waals surface area contributed by atoms with E-state index in [1.54, 1.807) is 16.7 Å². The fraction of sp³-hybridized carbons (Fsp3) is 0.316. The first kappa shape index (κ1) is 18.6. The SMILES string of the molecule is Cc1coc(CC(=O)O)c1C(=O)N1CCN(C(=O)c2ccc(F)cc2)CC1. The third kappa shape index (κ3) is 3.99. The molecule has 7 nitrogen and oxygen atoms in total. The lowest BCUT2D eigenvalue weighted by molar-refractivity contribution is -0.136. The second-order valence-electron chi connectivity index (χ2n) is 6.38. The number of furan rings is 1. The lowest BCUT2D eigenvalue weighted by Gasteiger charge is -2.35. The maximum absolute atomic E-state index is 13.0. The Kier molecular flexibility index (Phi) is 5.25. The molecule has 0 atom stereocenters. The van der Waals surface area contributed by atoms with Gasteiger partial charge < -0.3 is 19.3 Å². The van der Waals surface area contributed by atoms with E-state index < -0.39 is 11.8 Å². The number of amides is 2. The standard InChI is InChI=1S/C19H19FN2O5/c1-12-11-27-15(10-16(23)24)17(12)19(26)22-8-6-21(7-9-22)18(25)13-2-4-14(20)5-3-13/h2-5,11H,6-10H2,1H3,(H,23,24). The monoisotopic (exact) mass is 374 g/mol. The summed E-state index contributed by atoms with van der Waals surface area (Å²) in [6.07, 6.45) is 1.01. The zero-order chi connectivity index (χ0) is 19.6. The Hall–Kier alpha value is -3.16. The van der Waals surface area contributed by atoms with Gasteiger partial charge >= 0.3 is 5.97 Å². The average molecular weight is 374 g/mol. The smallest absolute Gasteiger partial charge is 0.311 e. The Morgan fingerprint density at radius 2 is 1.59 bits per heavy atom. The van der Waals surface area contributed by atoms with Crippen molar-refractivity contribution in [2.45, 2.75) is 13.3 Å². The van der Waals surface area contributed by atoms with Crippen molar-refractivity contribution in [1.29, 1.82) is 0 Å². The molecule has 2 amide bonds. The Labute approximate surface area is 155 Å². The van der Waals surface area contributed by atoms with Crippen LogP contribution in [0.1, 0.15) is 32.0 Å². The summed E-state index contributed by atoms with van der Waals surface area (Å²) in [6.45, 7) is 3.02. The van der Waals surface area contributed by atoms with Crippen molar-refractivity contribution in [1.82, 2.24) is 9.80 Å². The van der Waals surface area contributed by atoms with Crippen molar-refractivity contribution in [2.75, 3.05) is 26.2 Å². The van der Waals surface area contributed by atoms with Gasteiger partial charge in [-0.05, 0) is 31.2 Å². The van der Waals surface area contributed by atoms with E-state index in [0.717, 1.165) is 0 Å². The molecular formula is C19H19FN2O5. The fourth-order valence-electron chi connectivity index (χ4n) is 3.10. The van der Waals surface area contributed by atoms with Crippen LogP contribution in [-0.2, 0) is 11.2 Å². The Balaban J connectivity index is 1.66. The summed E-state index contributed by atoms with van der Waals surface area (Å²) in [5.74, 6) is -1.86. The number of benzene rings is 1. The second kappa shape index (κ2) is 7.61. The van der Waals surface area contributed by atoms with E-state index in [9.17, 15) is 18.8 Å². The van der Waals surface area contributed by atoms with Gasteiger partial charge in [-0.15, -0.1) is 0 Å². The maximum atomic E-state index is 13.0. The average Bonchev–Trinajstić information content (AvgIpc) is 3.01. The van der Waals surface area contributed by atoms with Gasteiger partial charge in [-0.2, -0.15) is 0 Å². The van der Waals surface area contributed by atoms with Crippen molar-refractivity contribution in [3.8, 4) is 0 Å². The molecule has 1 aliphatic rings. The van der Waals surface area contributed by atoms with Crippen LogP contribution in [0.3, 0.4) is 0 Å². The minimum absolute atomic E-state index is 0.134. The van der Waals surface area contributed by atoms with Crippen molar-refractivity contribution in [3.05, 3.63) is 58.8 Å². The largest absolute Gasteiger partial charge is 0.481 e. The highest BCUT2D eigenvalue weighted by Gasteiger charge is 2.29. The van der Waals surface area contributed by atoms with Crippen molar-refractivity contribution < 1.29 is 28.3 Å². The van der Waals surface area contributed by atoms with Gasteiger partial charge in [-0.1, -0.05) is 0 Å². The summed E-state index contributed by atoms with van der Waals surface area (Å²) in [5, 5.41) is 8.96. The molecule has 1 aromatic carbocycles. The molecule has 27 heavy (non-hydrogen) atoms. The zero-order valence-corrected chi connectivity index (χ0v) is 14.8. The van der Waals surface area contributed by atoms with Gasteiger partial charge in [-0.25, -0.2) is 4.39 Å². The van der Waals surface area contributed by atoms with E-state index in [1.807, 2.05) is 0 Å². The normalized spacial score (nSPS) is 14.3. The van der Waals surface area contributed by atoms with Gasteiger partial charge in [-0.3, -0.25) is 14.4 Å². The molecule has 142 valence electrons. The highest BCUT2D eigenvalue weighted by atomic mass is 19.1. The molecule has 1 aromatic heterocycles. The number of aliphatic carboxylic acids is 1. The number of carbonyl (C=O) groups is 3. The summed E-state index contributed by atoms with van der Waals surface area (Å²) in [6, 6.07) is 5.34. The lowest BCUT2D eigenvalue weighted by Crippen LogP contribution is -2.50. The molecule has 0 bridgehead atoms. The molecule has 3 rings (SSSR count). The molecule has 1 fully saturated rings. The number of carbonyl (C=O) groups excluding carboxylic acids is 2. The molecule has 1 saturated heterocycles. The van der Waals surface area contributed by atoms with Crippen LogP contribution in [-0.4, -0.2) is 58.9 Å². The molecule has 0 aliphatic carbocycles. The Morgan fingerprint density at radius 1 is 1.04 bits per heavy atom. The molecule has 0 radical (unpaired) electrons. The van der Waals surface area contributed by atoms with Crippen molar-refractivity contribution in [2.24, 2.45) is 0 Å². The first-order chi connectivity index (χ1) is 12.9. The van der Waals surface area contributed by atoms with Crippen LogP contribution in [0.15, 0.2) is 34.9 Å². The first-order valence-corrected chi connectivity index (χ1v) is 8.49. The van der Waals surface area contributed by atoms with Gasteiger partial charge in [0.15, 0.2) is 0 Å². The molecule has 0 unspecified atom stereocenters. The van der Waals surface area contributed by atoms with Crippen LogP contribution in [0.5, 0.6) is 0 Å². The van der Waals surface area contributed by atoms with E-state index >= 15 is 0 Å². The highest BCUT2D eigenvalue weighted by Crippen LogP contribution is 2.21. The van der Waals surface area contributed by atoms with E-state index in [2.05, 4.69) is 0 Å². The van der Waals surface area contributed by atoms with Gasteiger partial charge in [0.1, 0.15) is 18.0 Å².